The molecule has 1 aliphatic rings. The minimum atomic E-state index is 0.00314. The van der Waals surface area contributed by atoms with Gasteiger partial charge in [-0.05, 0) is 226 Å². The van der Waals surface area contributed by atoms with Gasteiger partial charge in [0.25, 0.3) is 0 Å². The van der Waals surface area contributed by atoms with Gasteiger partial charge in [0.15, 0.2) is 0 Å². The van der Waals surface area contributed by atoms with Gasteiger partial charge < -0.3 is 37.9 Å². The summed E-state index contributed by atoms with van der Waals surface area (Å²) in [5.74, 6) is 0. The number of nitrogens with zero attached hydrogens (tertiary/aromatic N) is 8. The SMILES string of the molecule is CN(c1ccc(-c2ccccc2)cc1)c1ccc(-n2c3ccccc3c3ccccc32)cc1.CN(c1ccc(-c2ccccc2)cc1)c1ccc2c3ccccc3n(-c3ccccc3)c2c1.CN(c1ccc(-n2c3ccccc3c3ccccc32)cc1)c1ccc2c(c1)C(C)(C)c1ccccc1-2.CN(c1ccccc1)c1ccc2c3ccccc3n(-c3ccccc3)c2c1. The van der Waals surface area contributed by atoms with Crippen molar-refractivity contribution in [3.8, 4) is 56.1 Å². The highest BCUT2D eigenvalue weighted by Crippen LogP contribution is 2.51. The number of rotatable bonds is 14. The summed E-state index contributed by atoms with van der Waals surface area (Å²) >= 11 is 0. The summed E-state index contributed by atoms with van der Waals surface area (Å²) in [5.41, 5.74) is 34.4. The predicted molar refractivity (Wildman–Crippen MR) is 550 cm³/mol. The van der Waals surface area contributed by atoms with Crippen LogP contribution in [0.5, 0.6) is 0 Å². The molecule has 0 N–H and O–H groups in total. The third kappa shape index (κ3) is 14.9. The van der Waals surface area contributed by atoms with Crippen LogP contribution < -0.4 is 19.6 Å². The van der Waals surface area contributed by atoms with E-state index in [1.165, 1.54) is 183 Å². The number of hydrogen-bond acceptors (Lipinski definition) is 4. The van der Waals surface area contributed by atoms with Gasteiger partial charge >= 0.3 is 0 Å². The van der Waals surface area contributed by atoms with Crippen molar-refractivity contribution in [2.45, 2.75) is 19.3 Å². The Morgan fingerprint density at radius 3 is 0.744 bits per heavy atom. The van der Waals surface area contributed by atoms with Gasteiger partial charge in [-0.15, -0.1) is 0 Å². The molecule has 24 rings (SSSR count). The zero-order valence-corrected chi connectivity index (χ0v) is 73.1. The minimum absolute atomic E-state index is 0.00314. The molecular formula is C121H96N8. The normalized spacial score (nSPS) is 11.9. The van der Waals surface area contributed by atoms with Crippen LogP contribution in [0.1, 0.15) is 25.0 Å². The van der Waals surface area contributed by atoms with Crippen LogP contribution in [0.15, 0.2) is 473 Å². The summed E-state index contributed by atoms with van der Waals surface area (Å²) in [6.45, 7) is 4.67. The van der Waals surface area contributed by atoms with Gasteiger partial charge in [0.05, 0.1) is 44.1 Å². The molecule has 0 radical (unpaired) electrons. The lowest BCUT2D eigenvalue weighted by molar-refractivity contribution is 0.660. The number of benzene rings is 19. The molecule has 1 aliphatic carbocycles. The van der Waals surface area contributed by atoms with E-state index in [0.717, 1.165) is 17.1 Å². The summed E-state index contributed by atoms with van der Waals surface area (Å²) < 4.78 is 9.43. The van der Waals surface area contributed by atoms with Crippen LogP contribution >= 0.6 is 0 Å². The van der Waals surface area contributed by atoms with Gasteiger partial charge in [-0.25, -0.2) is 0 Å². The molecule has 620 valence electrons. The standard InChI is InChI=1S/C34H28N2.2C31H24N2.C25H20N2/c1-34(2)30-13-7-4-10-26(30)27-21-20-25(22-31(27)34)35(3)23-16-18-24(19-17-23)36-32-14-8-5-11-28(32)29-12-6-9-15-33(29)36;1-32(25-18-16-24(17-19-25)23-10-4-2-5-11-23)27-20-21-29-28-14-8-9-15-30(28)33(31(29)22-27)26-12-6-3-7-13-26;1-32(25-17-15-24(16-18-25)23-9-3-2-4-10-23)26-19-21-27(22-20-26)33-30-13-7-5-11-28(30)29-12-6-8-14-31(29)33;1-26(19-10-4-2-5-11-19)21-16-17-23-22-14-8-9-15-24(22)27(25(23)18-21)20-12-6-3-7-13-20/h4-22H,1-3H3;2*2-22H,1H3;2-18H,1H3. The van der Waals surface area contributed by atoms with E-state index in [2.05, 4.69) is 547 Å². The van der Waals surface area contributed by atoms with E-state index >= 15 is 0 Å². The second-order valence-corrected chi connectivity index (χ2v) is 33.8. The highest BCUT2D eigenvalue weighted by atomic mass is 15.1. The van der Waals surface area contributed by atoms with E-state index in [-0.39, 0.29) is 5.41 Å². The van der Waals surface area contributed by atoms with E-state index in [1.54, 1.807) is 0 Å². The second kappa shape index (κ2) is 34.3. The van der Waals surface area contributed by atoms with Gasteiger partial charge in [-0.3, -0.25) is 0 Å². The van der Waals surface area contributed by atoms with Crippen molar-refractivity contribution in [2.24, 2.45) is 0 Å². The van der Waals surface area contributed by atoms with Crippen molar-refractivity contribution in [3.63, 3.8) is 0 Å². The molecule has 0 amide bonds. The van der Waals surface area contributed by atoms with Crippen molar-refractivity contribution in [1.82, 2.24) is 18.3 Å². The van der Waals surface area contributed by atoms with Gasteiger partial charge in [-0.2, -0.15) is 0 Å². The van der Waals surface area contributed by atoms with E-state index in [1.807, 2.05) is 6.07 Å². The fourth-order valence-electron chi connectivity index (χ4n) is 19.3. The zero-order chi connectivity index (χ0) is 87.1. The summed E-state index contributed by atoms with van der Waals surface area (Å²) in [4.78, 5) is 8.99. The maximum absolute atomic E-state index is 2.37. The molecule has 8 nitrogen and oxygen atoms in total. The number of fused-ring (bicyclic) bond motifs is 15. The lowest BCUT2D eigenvalue weighted by Gasteiger charge is -2.25. The molecule has 0 fully saturated rings. The van der Waals surface area contributed by atoms with Gasteiger partial charge in [-0.1, -0.05) is 305 Å². The van der Waals surface area contributed by atoms with Crippen LogP contribution in [0.3, 0.4) is 0 Å². The summed E-state index contributed by atoms with van der Waals surface area (Å²) in [7, 11) is 8.53. The summed E-state index contributed by atoms with van der Waals surface area (Å²) in [6, 6.07) is 169. The van der Waals surface area contributed by atoms with Crippen molar-refractivity contribution >= 4 is 133 Å². The highest BCUT2D eigenvalue weighted by Gasteiger charge is 2.36. The van der Waals surface area contributed by atoms with Crippen LogP contribution in [0.4, 0.5) is 45.5 Å². The largest absolute Gasteiger partial charge is 0.345 e. The van der Waals surface area contributed by atoms with Crippen LogP contribution in [0.2, 0.25) is 0 Å². The predicted octanol–water partition coefficient (Wildman–Crippen LogP) is 31.8. The van der Waals surface area contributed by atoms with Crippen molar-refractivity contribution in [3.05, 3.63) is 484 Å². The van der Waals surface area contributed by atoms with E-state index in [4.69, 9.17) is 0 Å². The quantitative estimate of drug-likeness (QED) is 0.109. The molecular weight excluding hydrogens is 1570 g/mol. The van der Waals surface area contributed by atoms with Gasteiger partial charge in [0, 0.05) is 145 Å². The first kappa shape index (κ1) is 79.7. The summed E-state index contributed by atoms with van der Waals surface area (Å²) in [6.07, 6.45) is 0. The van der Waals surface area contributed by atoms with Crippen molar-refractivity contribution in [1.29, 1.82) is 0 Å². The van der Waals surface area contributed by atoms with Gasteiger partial charge in [0.2, 0.25) is 0 Å². The molecule has 0 bridgehead atoms. The lowest BCUT2D eigenvalue weighted by Crippen LogP contribution is -2.16. The lowest BCUT2D eigenvalue weighted by atomic mass is 9.82. The molecule has 0 spiro atoms. The Labute approximate surface area is 753 Å². The molecule has 0 saturated heterocycles. The first-order valence-corrected chi connectivity index (χ1v) is 44.4. The van der Waals surface area contributed by atoms with Gasteiger partial charge in [0.1, 0.15) is 0 Å². The maximum atomic E-state index is 2.37. The van der Waals surface area contributed by atoms with Crippen LogP contribution in [-0.2, 0) is 5.41 Å². The number of anilines is 8. The first-order chi connectivity index (χ1) is 63.4. The Hall–Kier alpha value is -16.4. The molecule has 4 heterocycles. The molecule has 8 heteroatoms. The van der Waals surface area contributed by atoms with Crippen LogP contribution in [0, 0.1) is 0 Å². The zero-order valence-electron chi connectivity index (χ0n) is 73.1. The molecule has 4 aromatic heterocycles. The molecule has 129 heavy (non-hydrogen) atoms. The third-order valence-electron chi connectivity index (χ3n) is 26.1. The molecule has 23 aromatic rings. The monoisotopic (exact) mass is 1660 g/mol. The Bertz CT molecular complexity index is 7860. The molecule has 19 aromatic carbocycles. The Morgan fingerprint density at radius 1 is 0.163 bits per heavy atom. The average molecular weight is 1660 g/mol. The third-order valence-corrected chi connectivity index (χ3v) is 26.1. The van der Waals surface area contributed by atoms with Crippen LogP contribution in [-0.4, -0.2) is 46.5 Å². The minimum Gasteiger partial charge on any atom is -0.345 e. The first-order valence-electron chi connectivity index (χ1n) is 44.4. The highest BCUT2D eigenvalue weighted by molar-refractivity contribution is 6.13. The number of hydrogen-bond donors (Lipinski definition) is 0. The van der Waals surface area contributed by atoms with Crippen molar-refractivity contribution in [2.75, 3.05) is 47.8 Å². The number of aromatic nitrogens is 4. The molecule has 0 atom stereocenters. The molecule has 0 aliphatic heterocycles. The fourth-order valence-corrected chi connectivity index (χ4v) is 19.3. The van der Waals surface area contributed by atoms with E-state index in [9.17, 15) is 0 Å². The Balaban J connectivity index is 0.000000105. The number of para-hydroxylation sites is 9. The topological polar surface area (TPSA) is 32.7 Å². The van der Waals surface area contributed by atoms with E-state index < -0.39 is 0 Å². The Morgan fingerprint density at radius 2 is 0.388 bits per heavy atom. The second-order valence-electron chi connectivity index (χ2n) is 33.8. The molecule has 0 saturated carbocycles. The Kier molecular flexibility index (Phi) is 21.2. The molecule has 0 unspecified atom stereocenters. The van der Waals surface area contributed by atoms with Crippen molar-refractivity contribution < 1.29 is 0 Å². The summed E-state index contributed by atoms with van der Waals surface area (Å²) in [5, 5.41) is 10.3. The average Bonchev–Trinajstić information content (AvgIpc) is 1.59. The fraction of sp³-hybridized carbons (Fsp3) is 0.0579. The maximum Gasteiger partial charge on any atom is 0.0561 e. The van der Waals surface area contributed by atoms with Crippen LogP contribution in [0.25, 0.3) is 143 Å². The smallest absolute Gasteiger partial charge is 0.0561 e. The van der Waals surface area contributed by atoms with E-state index in [0.29, 0.717) is 0 Å².